The molecule has 3 aromatic heterocycles. The number of rotatable bonds is 9. The summed E-state index contributed by atoms with van der Waals surface area (Å²) in [4.78, 5) is 22.5. The number of pyridine rings is 2. The number of anilines is 4. The van der Waals surface area contributed by atoms with Gasteiger partial charge in [-0.1, -0.05) is 0 Å². The second kappa shape index (κ2) is 9.32. The molecular weight excluding hydrogens is 417 g/mol. The van der Waals surface area contributed by atoms with Crippen molar-refractivity contribution < 1.29 is 13.9 Å². The quantitative estimate of drug-likeness (QED) is 0.381. The normalized spacial score (nSPS) is 13.1. The topological polar surface area (TPSA) is 149 Å². The molecule has 0 aliphatic rings. The molecule has 0 aliphatic carbocycles. The van der Waals surface area contributed by atoms with E-state index in [1.54, 1.807) is 24.9 Å². The van der Waals surface area contributed by atoms with Crippen molar-refractivity contribution in [1.29, 1.82) is 0 Å². The van der Waals surface area contributed by atoms with Crippen LogP contribution in [0.25, 0.3) is 11.0 Å². The van der Waals surface area contributed by atoms with Crippen molar-refractivity contribution in [2.75, 3.05) is 43.3 Å². The standard InChI is InChI=1S/C20H28FN9O2/c1-10(22)15(9-32-5)26-18-14(21)7-12(16(23)31)17(27-18)25-11-6-13-19(24-8-11)30(4)28-20(13)29(2)3/h6-8,10,15H,9,22H2,1-5H3,(H2,23,31)(H2,25,26,27)/t10-,15+/m0/s1. The van der Waals surface area contributed by atoms with Crippen LogP contribution in [0.4, 0.5) is 27.5 Å². The molecule has 0 bridgehead atoms. The molecule has 0 saturated carbocycles. The first-order valence-electron chi connectivity index (χ1n) is 9.90. The maximum absolute atomic E-state index is 14.7. The molecule has 0 unspecified atom stereocenters. The number of nitrogens with two attached hydrogens (primary N) is 2. The Bertz CT molecular complexity index is 1130. The summed E-state index contributed by atoms with van der Waals surface area (Å²) >= 11 is 0. The molecule has 2 atom stereocenters. The van der Waals surface area contributed by atoms with Gasteiger partial charge in [-0.2, -0.15) is 5.10 Å². The molecule has 0 saturated heterocycles. The number of halogens is 1. The Labute approximate surface area is 184 Å². The van der Waals surface area contributed by atoms with Gasteiger partial charge in [0.25, 0.3) is 5.91 Å². The second-order valence-corrected chi connectivity index (χ2v) is 7.71. The number of nitrogens with zero attached hydrogens (tertiary/aromatic N) is 5. The van der Waals surface area contributed by atoms with Crippen molar-refractivity contribution in [3.8, 4) is 0 Å². The van der Waals surface area contributed by atoms with Crippen molar-refractivity contribution in [2.45, 2.75) is 19.0 Å². The highest BCUT2D eigenvalue weighted by Crippen LogP contribution is 2.28. The highest BCUT2D eigenvalue weighted by molar-refractivity contribution is 5.99. The molecule has 12 heteroatoms. The van der Waals surface area contributed by atoms with E-state index in [0.29, 0.717) is 11.3 Å². The maximum atomic E-state index is 14.7. The number of amides is 1. The van der Waals surface area contributed by atoms with Crippen LogP contribution in [0.2, 0.25) is 0 Å². The fraction of sp³-hybridized carbons (Fsp3) is 0.400. The van der Waals surface area contributed by atoms with Crippen LogP contribution in [0.15, 0.2) is 18.3 Å². The summed E-state index contributed by atoms with van der Waals surface area (Å²) in [5.74, 6) is -0.834. The number of ether oxygens (including phenoxy) is 1. The number of nitrogens with one attached hydrogen (secondary N) is 2. The number of carbonyl (C=O) groups is 1. The number of hydrogen-bond donors (Lipinski definition) is 4. The first-order valence-corrected chi connectivity index (χ1v) is 9.90. The average molecular weight is 446 g/mol. The van der Waals surface area contributed by atoms with Crippen molar-refractivity contribution in [3.63, 3.8) is 0 Å². The molecule has 0 spiro atoms. The van der Waals surface area contributed by atoms with E-state index >= 15 is 0 Å². The zero-order chi connectivity index (χ0) is 23.6. The van der Waals surface area contributed by atoms with E-state index in [2.05, 4.69) is 25.7 Å². The Kier molecular flexibility index (Phi) is 6.75. The summed E-state index contributed by atoms with van der Waals surface area (Å²) in [6.45, 7) is 2.01. The third kappa shape index (κ3) is 4.70. The van der Waals surface area contributed by atoms with Gasteiger partial charge >= 0.3 is 0 Å². The van der Waals surface area contributed by atoms with Gasteiger partial charge in [-0.3, -0.25) is 4.79 Å². The number of methoxy groups -OCH3 is 1. The van der Waals surface area contributed by atoms with Gasteiger partial charge in [-0.05, 0) is 19.1 Å². The number of hydrogen-bond acceptors (Lipinski definition) is 9. The van der Waals surface area contributed by atoms with Gasteiger partial charge in [-0.15, -0.1) is 0 Å². The van der Waals surface area contributed by atoms with E-state index < -0.39 is 17.8 Å². The lowest BCUT2D eigenvalue weighted by Crippen LogP contribution is -2.41. The molecule has 3 aromatic rings. The Balaban J connectivity index is 2.02. The van der Waals surface area contributed by atoms with Crippen LogP contribution in [-0.2, 0) is 11.8 Å². The van der Waals surface area contributed by atoms with Gasteiger partial charge < -0.3 is 31.7 Å². The first-order chi connectivity index (χ1) is 15.1. The zero-order valence-corrected chi connectivity index (χ0v) is 18.7. The van der Waals surface area contributed by atoms with E-state index in [-0.39, 0.29) is 29.8 Å². The van der Waals surface area contributed by atoms with Gasteiger partial charge in [0.05, 0.1) is 35.5 Å². The predicted molar refractivity (Wildman–Crippen MR) is 122 cm³/mol. The summed E-state index contributed by atoms with van der Waals surface area (Å²) < 4.78 is 21.5. The molecule has 3 rings (SSSR count). The van der Waals surface area contributed by atoms with Crippen molar-refractivity contribution >= 4 is 40.1 Å². The third-order valence-corrected chi connectivity index (χ3v) is 4.89. The summed E-state index contributed by atoms with van der Waals surface area (Å²) in [6.07, 6.45) is 1.57. The fourth-order valence-electron chi connectivity index (χ4n) is 3.21. The number of aromatic nitrogens is 4. The Morgan fingerprint density at radius 2 is 2.06 bits per heavy atom. The summed E-state index contributed by atoms with van der Waals surface area (Å²) in [5.41, 5.74) is 12.5. The molecule has 32 heavy (non-hydrogen) atoms. The van der Waals surface area contributed by atoms with Crippen LogP contribution in [-0.4, -0.2) is 65.6 Å². The average Bonchev–Trinajstić information content (AvgIpc) is 3.05. The van der Waals surface area contributed by atoms with Crippen LogP contribution in [0.1, 0.15) is 17.3 Å². The van der Waals surface area contributed by atoms with Crippen LogP contribution in [0.5, 0.6) is 0 Å². The van der Waals surface area contributed by atoms with Crippen LogP contribution in [0, 0.1) is 5.82 Å². The lowest BCUT2D eigenvalue weighted by Gasteiger charge is -2.23. The molecule has 0 aliphatic heterocycles. The number of aryl methyl sites for hydroxylation is 1. The third-order valence-electron chi connectivity index (χ3n) is 4.89. The van der Waals surface area contributed by atoms with E-state index in [0.717, 1.165) is 17.3 Å². The Hall–Kier alpha value is -3.51. The molecule has 11 nitrogen and oxygen atoms in total. The first kappa shape index (κ1) is 23.2. The number of carbonyl (C=O) groups excluding carboxylic acids is 1. The molecule has 3 heterocycles. The monoisotopic (exact) mass is 445 g/mol. The summed E-state index contributed by atoms with van der Waals surface area (Å²) in [6, 6.07) is 2.12. The van der Waals surface area contributed by atoms with E-state index in [4.69, 9.17) is 16.2 Å². The highest BCUT2D eigenvalue weighted by Gasteiger charge is 2.21. The van der Waals surface area contributed by atoms with E-state index in [1.807, 2.05) is 25.1 Å². The van der Waals surface area contributed by atoms with Gasteiger partial charge in [0, 0.05) is 34.3 Å². The Morgan fingerprint density at radius 1 is 1.34 bits per heavy atom. The largest absolute Gasteiger partial charge is 0.382 e. The summed E-state index contributed by atoms with van der Waals surface area (Å²) in [7, 11) is 7.07. The Morgan fingerprint density at radius 3 is 2.66 bits per heavy atom. The molecular formula is C20H28FN9O2. The molecule has 6 N–H and O–H groups in total. The van der Waals surface area contributed by atoms with Gasteiger partial charge in [0.2, 0.25) is 0 Å². The molecule has 172 valence electrons. The predicted octanol–water partition coefficient (Wildman–Crippen LogP) is 1.19. The minimum Gasteiger partial charge on any atom is -0.382 e. The lowest BCUT2D eigenvalue weighted by molar-refractivity contribution is 0.100. The van der Waals surface area contributed by atoms with Crippen molar-refractivity contribution in [2.24, 2.45) is 18.5 Å². The van der Waals surface area contributed by atoms with Crippen molar-refractivity contribution in [3.05, 3.63) is 29.7 Å². The highest BCUT2D eigenvalue weighted by atomic mass is 19.1. The molecule has 0 fully saturated rings. The van der Waals surface area contributed by atoms with Crippen LogP contribution < -0.4 is 27.0 Å². The SMILES string of the molecule is COC[C@@H](Nc1nc(Nc2cnc3c(c2)c(N(C)C)nn3C)c(C(N)=O)cc1F)[C@H](C)N. The second-order valence-electron chi connectivity index (χ2n) is 7.71. The molecule has 1 amide bonds. The zero-order valence-electron chi connectivity index (χ0n) is 18.7. The van der Waals surface area contributed by atoms with E-state index in [9.17, 15) is 9.18 Å². The smallest absolute Gasteiger partial charge is 0.252 e. The van der Waals surface area contributed by atoms with Gasteiger partial charge in [0.15, 0.2) is 23.1 Å². The minimum absolute atomic E-state index is 0.0821. The van der Waals surface area contributed by atoms with Crippen molar-refractivity contribution in [1.82, 2.24) is 19.7 Å². The molecule has 0 radical (unpaired) electrons. The minimum atomic E-state index is -0.824. The maximum Gasteiger partial charge on any atom is 0.252 e. The number of primary amides is 1. The number of fused-ring (bicyclic) bond motifs is 1. The van der Waals surface area contributed by atoms with Gasteiger partial charge in [-0.25, -0.2) is 19.0 Å². The lowest BCUT2D eigenvalue weighted by atomic mass is 10.1. The summed E-state index contributed by atoms with van der Waals surface area (Å²) in [5, 5.41) is 11.2. The van der Waals surface area contributed by atoms with Gasteiger partial charge in [0.1, 0.15) is 5.82 Å². The fourth-order valence-corrected chi connectivity index (χ4v) is 3.21. The van der Waals surface area contributed by atoms with Crippen LogP contribution in [0.3, 0.4) is 0 Å². The van der Waals surface area contributed by atoms with E-state index in [1.165, 1.54) is 7.11 Å². The molecule has 0 aromatic carbocycles. The van der Waals surface area contributed by atoms with Crippen LogP contribution >= 0.6 is 0 Å².